The van der Waals surface area contributed by atoms with Gasteiger partial charge in [-0.15, -0.1) is 0 Å². The van der Waals surface area contributed by atoms with Crippen molar-refractivity contribution in [1.29, 1.82) is 5.26 Å². The van der Waals surface area contributed by atoms with Crippen molar-refractivity contribution < 1.29 is 9.53 Å². The van der Waals surface area contributed by atoms with Crippen LogP contribution in [0.5, 0.6) is 5.75 Å². The highest BCUT2D eigenvalue weighted by Gasteiger charge is 2.18. The van der Waals surface area contributed by atoms with Crippen LogP contribution in [0.2, 0.25) is 5.02 Å². The van der Waals surface area contributed by atoms with Crippen molar-refractivity contribution in [2.75, 3.05) is 11.5 Å². The third-order valence-electron chi connectivity index (χ3n) is 3.19. The standard InChI is InChI=1S/C17H15ClN2O2/c1-12-5-3-4-6-15(12)20(11-19)17(21)10-22-16-8-7-14(18)9-13(16)2/h3-9H,10H2,1-2H3. The molecule has 0 fully saturated rings. The van der Waals surface area contributed by atoms with Crippen LogP contribution in [0, 0.1) is 25.3 Å². The molecule has 0 bridgehead atoms. The number of halogens is 1. The Morgan fingerprint density at radius 2 is 1.95 bits per heavy atom. The number of hydrogen-bond acceptors (Lipinski definition) is 3. The first-order chi connectivity index (χ1) is 10.5. The van der Waals surface area contributed by atoms with E-state index in [4.69, 9.17) is 16.3 Å². The Labute approximate surface area is 134 Å². The van der Waals surface area contributed by atoms with Gasteiger partial charge in [0.05, 0.1) is 5.69 Å². The average Bonchev–Trinajstić information content (AvgIpc) is 2.49. The molecule has 0 spiro atoms. The monoisotopic (exact) mass is 314 g/mol. The van der Waals surface area contributed by atoms with Gasteiger partial charge in [-0.3, -0.25) is 4.79 Å². The Balaban J connectivity index is 2.11. The number of carbonyl (C=O) groups is 1. The van der Waals surface area contributed by atoms with Crippen LogP contribution in [-0.2, 0) is 4.79 Å². The van der Waals surface area contributed by atoms with Crippen LogP contribution in [0.25, 0.3) is 0 Å². The van der Waals surface area contributed by atoms with E-state index in [0.29, 0.717) is 16.5 Å². The zero-order valence-corrected chi connectivity index (χ0v) is 13.1. The molecule has 22 heavy (non-hydrogen) atoms. The molecule has 0 N–H and O–H groups in total. The van der Waals surface area contributed by atoms with E-state index in [1.54, 1.807) is 30.3 Å². The second kappa shape index (κ2) is 6.97. The van der Waals surface area contributed by atoms with Crippen molar-refractivity contribution in [2.24, 2.45) is 0 Å². The minimum absolute atomic E-state index is 0.218. The molecule has 0 aliphatic rings. The van der Waals surface area contributed by atoms with Crippen molar-refractivity contribution in [3.8, 4) is 11.9 Å². The number of ether oxygens (including phenoxy) is 1. The van der Waals surface area contributed by atoms with E-state index in [1.807, 2.05) is 32.2 Å². The number of aryl methyl sites for hydroxylation is 2. The number of carbonyl (C=O) groups excluding carboxylic acids is 1. The minimum atomic E-state index is -0.425. The first kappa shape index (κ1) is 15.9. The van der Waals surface area contributed by atoms with Gasteiger partial charge in [-0.1, -0.05) is 29.8 Å². The van der Waals surface area contributed by atoms with E-state index >= 15 is 0 Å². The molecule has 5 heteroatoms. The summed E-state index contributed by atoms with van der Waals surface area (Å²) >= 11 is 5.88. The first-order valence-corrected chi connectivity index (χ1v) is 7.08. The molecular weight excluding hydrogens is 300 g/mol. The molecule has 0 unspecified atom stereocenters. The Morgan fingerprint density at radius 3 is 2.59 bits per heavy atom. The smallest absolute Gasteiger partial charge is 0.278 e. The first-order valence-electron chi connectivity index (χ1n) is 6.70. The van der Waals surface area contributed by atoms with Gasteiger partial charge >= 0.3 is 0 Å². The van der Waals surface area contributed by atoms with E-state index in [1.165, 1.54) is 0 Å². The molecule has 1 amide bonds. The summed E-state index contributed by atoms with van der Waals surface area (Å²) in [6, 6.07) is 12.4. The SMILES string of the molecule is Cc1cc(Cl)ccc1OCC(=O)N(C#N)c1ccccc1C. The highest BCUT2D eigenvalue weighted by Crippen LogP contribution is 2.23. The van der Waals surface area contributed by atoms with Gasteiger partial charge in [-0.05, 0) is 49.2 Å². The van der Waals surface area contributed by atoms with Gasteiger partial charge < -0.3 is 4.74 Å². The maximum absolute atomic E-state index is 12.2. The van der Waals surface area contributed by atoms with Gasteiger partial charge in [0.1, 0.15) is 5.75 Å². The molecule has 0 saturated heterocycles. The third-order valence-corrected chi connectivity index (χ3v) is 3.43. The summed E-state index contributed by atoms with van der Waals surface area (Å²) in [6.07, 6.45) is 1.90. The van der Waals surface area contributed by atoms with Crippen LogP contribution in [-0.4, -0.2) is 12.5 Å². The number of amides is 1. The number of nitriles is 1. The average molecular weight is 315 g/mol. The van der Waals surface area contributed by atoms with Crippen LogP contribution >= 0.6 is 11.6 Å². The summed E-state index contributed by atoms with van der Waals surface area (Å²) in [5.41, 5.74) is 2.24. The van der Waals surface area contributed by atoms with Crippen LogP contribution in [0.4, 0.5) is 5.69 Å². The number of hydrogen-bond donors (Lipinski definition) is 0. The van der Waals surface area contributed by atoms with Gasteiger partial charge in [0.2, 0.25) is 0 Å². The minimum Gasteiger partial charge on any atom is -0.483 e. The number of anilines is 1. The molecule has 0 atom stereocenters. The number of para-hydroxylation sites is 1. The van der Waals surface area contributed by atoms with Crippen LogP contribution in [0.1, 0.15) is 11.1 Å². The summed E-state index contributed by atoms with van der Waals surface area (Å²) < 4.78 is 5.50. The predicted molar refractivity (Wildman–Crippen MR) is 86.0 cm³/mol. The lowest BCUT2D eigenvalue weighted by molar-refractivity contribution is -0.119. The fraction of sp³-hybridized carbons (Fsp3) is 0.176. The van der Waals surface area contributed by atoms with Gasteiger partial charge in [-0.25, -0.2) is 4.90 Å². The van der Waals surface area contributed by atoms with E-state index in [2.05, 4.69) is 0 Å². The highest BCUT2D eigenvalue weighted by molar-refractivity contribution is 6.30. The topological polar surface area (TPSA) is 53.3 Å². The lowest BCUT2D eigenvalue weighted by atomic mass is 10.2. The van der Waals surface area contributed by atoms with Gasteiger partial charge in [0.25, 0.3) is 5.91 Å². The Kier molecular flexibility index (Phi) is 5.03. The molecule has 0 heterocycles. The Morgan fingerprint density at radius 1 is 1.23 bits per heavy atom. The zero-order valence-electron chi connectivity index (χ0n) is 12.3. The van der Waals surface area contributed by atoms with Gasteiger partial charge in [0, 0.05) is 5.02 Å². The van der Waals surface area contributed by atoms with Crippen molar-refractivity contribution >= 4 is 23.2 Å². The van der Waals surface area contributed by atoms with Crippen molar-refractivity contribution in [1.82, 2.24) is 0 Å². The third kappa shape index (κ3) is 3.57. The van der Waals surface area contributed by atoms with E-state index < -0.39 is 5.91 Å². The lowest BCUT2D eigenvalue weighted by Crippen LogP contribution is -2.31. The van der Waals surface area contributed by atoms with E-state index in [9.17, 15) is 10.1 Å². The molecule has 0 aliphatic heterocycles. The molecular formula is C17H15ClN2O2. The van der Waals surface area contributed by atoms with Crippen molar-refractivity contribution in [3.63, 3.8) is 0 Å². The van der Waals surface area contributed by atoms with Crippen LogP contribution in [0.15, 0.2) is 42.5 Å². The van der Waals surface area contributed by atoms with Crippen molar-refractivity contribution in [3.05, 3.63) is 58.6 Å². The van der Waals surface area contributed by atoms with E-state index in [0.717, 1.165) is 16.0 Å². The molecule has 2 aromatic rings. The maximum Gasteiger partial charge on any atom is 0.278 e. The summed E-state index contributed by atoms with van der Waals surface area (Å²) in [5.74, 6) is 0.145. The largest absolute Gasteiger partial charge is 0.483 e. The molecule has 112 valence electrons. The summed E-state index contributed by atoms with van der Waals surface area (Å²) in [7, 11) is 0. The summed E-state index contributed by atoms with van der Waals surface area (Å²) in [4.78, 5) is 13.3. The molecule has 4 nitrogen and oxygen atoms in total. The Bertz CT molecular complexity index is 738. The van der Waals surface area contributed by atoms with Crippen molar-refractivity contribution in [2.45, 2.75) is 13.8 Å². The quantitative estimate of drug-likeness (QED) is 0.636. The fourth-order valence-corrected chi connectivity index (χ4v) is 2.26. The molecule has 2 rings (SSSR count). The normalized spacial score (nSPS) is 9.91. The molecule has 0 radical (unpaired) electrons. The molecule has 0 aliphatic carbocycles. The zero-order chi connectivity index (χ0) is 16.1. The second-order valence-corrected chi connectivity index (χ2v) is 5.25. The Hall–Kier alpha value is -2.51. The summed E-state index contributed by atoms with van der Waals surface area (Å²) in [5, 5.41) is 9.85. The highest BCUT2D eigenvalue weighted by atomic mass is 35.5. The van der Waals surface area contributed by atoms with Gasteiger partial charge in [0.15, 0.2) is 12.8 Å². The molecule has 0 saturated carbocycles. The lowest BCUT2D eigenvalue weighted by Gasteiger charge is -2.17. The number of rotatable bonds is 4. The second-order valence-electron chi connectivity index (χ2n) is 4.81. The van der Waals surface area contributed by atoms with E-state index in [-0.39, 0.29) is 6.61 Å². The maximum atomic E-state index is 12.2. The number of nitrogens with zero attached hydrogens (tertiary/aromatic N) is 2. The summed E-state index contributed by atoms with van der Waals surface area (Å²) in [6.45, 7) is 3.47. The predicted octanol–water partition coefficient (Wildman–Crippen LogP) is 3.85. The fourth-order valence-electron chi connectivity index (χ4n) is 2.04. The van der Waals surface area contributed by atoms with Gasteiger partial charge in [-0.2, -0.15) is 5.26 Å². The van der Waals surface area contributed by atoms with Crippen LogP contribution in [0.3, 0.4) is 0 Å². The molecule has 2 aromatic carbocycles. The van der Waals surface area contributed by atoms with Crippen LogP contribution < -0.4 is 9.64 Å². The molecule has 0 aromatic heterocycles. The number of benzene rings is 2.